The Morgan fingerprint density at radius 2 is 2.06 bits per heavy atom. The maximum Gasteiger partial charge on any atom is 0.240 e. The number of carbonyl (C=O) groups excluding carboxylic acids is 1. The number of hydrogen-bond donors (Lipinski definition) is 0. The van der Waals surface area contributed by atoms with Crippen molar-refractivity contribution in [3.05, 3.63) is 29.8 Å². The van der Waals surface area contributed by atoms with Crippen molar-refractivity contribution >= 4 is 27.5 Å². The minimum atomic E-state index is -0.00781. The zero-order valence-corrected chi connectivity index (χ0v) is 11.7. The van der Waals surface area contributed by atoms with E-state index in [1.54, 1.807) is 0 Å². The highest BCUT2D eigenvalue weighted by molar-refractivity contribution is 9.10. The Kier molecular flexibility index (Phi) is 4.21. The molecular formula is C14H18BrNO. The smallest absolute Gasteiger partial charge is 0.240 e. The molecule has 17 heavy (non-hydrogen) atoms. The number of benzene rings is 1. The fraction of sp³-hybridized carbons (Fsp3) is 0.500. The van der Waals surface area contributed by atoms with Gasteiger partial charge >= 0.3 is 0 Å². The lowest BCUT2D eigenvalue weighted by Gasteiger charge is -2.29. The number of carbonyl (C=O) groups is 1. The predicted octanol–water partition coefficient (Wildman–Crippen LogP) is 3.53. The maximum atomic E-state index is 12.0. The summed E-state index contributed by atoms with van der Waals surface area (Å²) < 4.78 is 0. The monoisotopic (exact) mass is 295 g/mol. The maximum absolute atomic E-state index is 12.0. The lowest BCUT2D eigenvalue weighted by molar-refractivity contribution is -0.118. The van der Waals surface area contributed by atoms with Crippen molar-refractivity contribution in [1.82, 2.24) is 0 Å². The second-order valence-corrected chi connectivity index (χ2v) is 5.62. The molecule has 1 atom stereocenters. The van der Waals surface area contributed by atoms with Gasteiger partial charge in [0.1, 0.15) is 0 Å². The Balaban J connectivity index is 2.13. The molecule has 2 nitrogen and oxygen atoms in total. The van der Waals surface area contributed by atoms with Gasteiger partial charge in [0.05, 0.1) is 4.83 Å². The first-order chi connectivity index (χ1) is 8.22. The van der Waals surface area contributed by atoms with Crippen LogP contribution >= 0.6 is 15.9 Å². The molecule has 1 unspecified atom stereocenters. The molecule has 0 saturated carbocycles. The van der Waals surface area contributed by atoms with Gasteiger partial charge in [-0.2, -0.15) is 0 Å². The van der Waals surface area contributed by atoms with Crippen molar-refractivity contribution in [3.63, 3.8) is 0 Å². The molecule has 1 aromatic carbocycles. The van der Waals surface area contributed by atoms with E-state index in [1.807, 2.05) is 4.90 Å². The zero-order chi connectivity index (χ0) is 12.3. The number of hydrogen-bond acceptors (Lipinski definition) is 1. The van der Waals surface area contributed by atoms with E-state index in [0.717, 1.165) is 37.9 Å². The molecule has 3 heteroatoms. The summed E-state index contributed by atoms with van der Waals surface area (Å²) in [6, 6.07) is 8.38. The number of aryl methyl sites for hydroxylation is 1. The number of nitrogens with zero attached hydrogens (tertiary/aromatic N) is 1. The van der Waals surface area contributed by atoms with Gasteiger partial charge in [0.15, 0.2) is 0 Å². The first kappa shape index (κ1) is 12.6. The third kappa shape index (κ3) is 2.89. The molecule has 0 bridgehead atoms. The van der Waals surface area contributed by atoms with E-state index in [1.165, 1.54) is 5.56 Å². The molecule has 1 aliphatic rings. The first-order valence-corrected chi connectivity index (χ1v) is 7.18. The van der Waals surface area contributed by atoms with Crippen LogP contribution in [-0.4, -0.2) is 17.3 Å². The van der Waals surface area contributed by atoms with Gasteiger partial charge < -0.3 is 4.90 Å². The number of rotatable bonds is 3. The van der Waals surface area contributed by atoms with Crippen molar-refractivity contribution in [1.29, 1.82) is 0 Å². The minimum absolute atomic E-state index is 0.00781. The van der Waals surface area contributed by atoms with Gasteiger partial charge in [0.2, 0.25) is 5.91 Å². The second kappa shape index (κ2) is 5.67. The van der Waals surface area contributed by atoms with Crippen molar-refractivity contribution in [2.45, 2.75) is 37.4 Å². The molecule has 0 N–H and O–H groups in total. The Morgan fingerprint density at radius 3 is 2.71 bits per heavy atom. The topological polar surface area (TPSA) is 20.3 Å². The number of halogens is 1. The predicted molar refractivity (Wildman–Crippen MR) is 74.7 cm³/mol. The Morgan fingerprint density at radius 1 is 1.35 bits per heavy atom. The Labute approximate surface area is 111 Å². The molecule has 1 saturated heterocycles. The van der Waals surface area contributed by atoms with Crippen LogP contribution in [0.5, 0.6) is 0 Å². The standard InChI is InChI=1S/C14H18BrNO/c1-2-4-11-6-8-12(9-7-11)16-10-3-5-13(15)14(16)17/h6-9,13H,2-5,10H2,1H3. The number of alkyl halides is 1. The molecule has 1 aliphatic heterocycles. The SMILES string of the molecule is CCCc1ccc(N2CCCC(Br)C2=O)cc1. The van der Waals surface area contributed by atoms with Crippen LogP contribution in [0.4, 0.5) is 5.69 Å². The largest absolute Gasteiger partial charge is 0.311 e. The van der Waals surface area contributed by atoms with Crippen LogP contribution in [0.2, 0.25) is 0 Å². The fourth-order valence-corrected chi connectivity index (χ4v) is 2.79. The minimum Gasteiger partial charge on any atom is -0.311 e. The molecule has 0 aliphatic carbocycles. The van der Waals surface area contributed by atoms with E-state index in [9.17, 15) is 4.79 Å². The van der Waals surface area contributed by atoms with Crippen LogP contribution in [0.3, 0.4) is 0 Å². The summed E-state index contributed by atoms with van der Waals surface area (Å²) in [4.78, 5) is 13.9. The van der Waals surface area contributed by atoms with Crippen LogP contribution in [0.25, 0.3) is 0 Å². The van der Waals surface area contributed by atoms with Crippen LogP contribution in [-0.2, 0) is 11.2 Å². The fourth-order valence-electron chi connectivity index (χ4n) is 2.22. The molecule has 0 radical (unpaired) electrons. The average Bonchev–Trinajstić information content (AvgIpc) is 2.34. The summed E-state index contributed by atoms with van der Waals surface area (Å²) >= 11 is 3.44. The van der Waals surface area contributed by atoms with Gasteiger partial charge in [0, 0.05) is 12.2 Å². The Bertz CT molecular complexity index is 388. The quantitative estimate of drug-likeness (QED) is 0.781. The number of anilines is 1. The molecule has 1 aromatic rings. The zero-order valence-electron chi connectivity index (χ0n) is 10.2. The molecule has 1 amide bonds. The number of amides is 1. The summed E-state index contributed by atoms with van der Waals surface area (Å²) in [5, 5.41) is 0. The summed E-state index contributed by atoms with van der Waals surface area (Å²) in [6.45, 7) is 3.02. The van der Waals surface area contributed by atoms with E-state index >= 15 is 0 Å². The van der Waals surface area contributed by atoms with Crippen LogP contribution < -0.4 is 4.90 Å². The lowest BCUT2D eigenvalue weighted by atomic mass is 10.1. The van der Waals surface area contributed by atoms with Gasteiger partial charge in [-0.1, -0.05) is 41.4 Å². The molecular weight excluding hydrogens is 278 g/mol. The molecule has 2 rings (SSSR count). The normalized spacial score (nSPS) is 20.7. The summed E-state index contributed by atoms with van der Waals surface area (Å²) in [7, 11) is 0. The number of piperidine rings is 1. The second-order valence-electron chi connectivity index (χ2n) is 4.52. The van der Waals surface area contributed by atoms with Crippen LogP contribution in [0.1, 0.15) is 31.7 Å². The van der Waals surface area contributed by atoms with E-state index in [-0.39, 0.29) is 10.7 Å². The van der Waals surface area contributed by atoms with Crippen molar-refractivity contribution in [2.24, 2.45) is 0 Å². The molecule has 0 aromatic heterocycles. The van der Waals surface area contributed by atoms with Crippen molar-refractivity contribution < 1.29 is 4.79 Å². The average molecular weight is 296 g/mol. The summed E-state index contributed by atoms with van der Waals surface area (Å²) in [5.41, 5.74) is 2.37. The van der Waals surface area contributed by atoms with Gasteiger partial charge in [-0.25, -0.2) is 0 Å². The van der Waals surface area contributed by atoms with E-state index in [4.69, 9.17) is 0 Å². The lowest BCUT2D eigenvalue weighted by Crippen LogP contribution is -2.41. The van der Waals surface area contributed by atoms with Gasteiger partial charge in [-0.3, -0.25) is 4.79 Å². The van der Waals surface area contributed by atoms with E-state index in [0.29, 0.717) is 0 Å². The summed E-state index contributed by atoms with van der Waals surface area (Å²) in [5.74, 6) is 0.194. The third-order valence-corrected chi connectivity index (χ3v) is 4.01. The first-order valence-electron chi connectivity index (χ1n) is 6.26. The van der Waals surface area contributed by atoms with Crippen molar-refractivity contribution in [2.75, 3.05) is 11.4 Å². The highest BCUT2D eigenvalue weighted by Crippen LogP contribution is 2.25. The molecule has 92 valence electrons. The van der Waals surface area contributed by atoms with E-state index in [2.05, 4.69) is 47.1 Å². The molecule has 1 heterocycles. The molecule has 0 spiro atoms. The van der Waals surface area contributed by atoms with Gasteiger partial charge in [-0.05, 0) is 37.0 Å². The highest BCUT2D eigenvalue weighted by atomic mass is 79.9. The summed E-state index contributed by atoms with van der Waals surface area (Å²) in [6.07, 6.45) is 4.28. The third-order valence-electron chi connectivity index (χ3n) is 3.16. The highest BCUT2D eigenvalue weighted by Gasteiger charge is 2.27. The van der Waals surface area contributed by atoms with Gasteiger partial charge in [0.25, 0.3) is 0 Å². The van der Waals surface area contributed by atoms with Gasteiger partial charge in [-0.15, -0.1) is 0 Å². The van der Waals surface area contributed by atoms with Crippen LogP contribution in [0.15, 0.2) is 24.3 Å². The van der Waals surface area contributed by atoms with Crippen molar-refractivity contribution in [3.8, 4) is 0 Å². The Hall–Kier alpha value is -0.830. The molecule has 1 fully saturated rings. The van der Waals surface area contributed by atoms with Crippen LogP contribution in [0, 0.1) is 0 Å². The van der Waals surface area contributed by atoms with E-state index < -0.39 is 0 Å².